The van der Waals surface area contributed by atoms with Gasteiger partial charge in [-0.1, -0.05) is 11.6 Å². The molecule has 2 aromatic carbocycles. The minimum atomic E-state index is -0.417. The molecule has 6 nitrogen and oxygen atoms in total. The van der Waals surface area contributed by atoms with Gasteiger partial charge in [-0.15, -0.1) is 0 Å². The average Bonchev–Trinajstić information content (AvgIpc) is 2.99. The average molecular weight is 398 g/mol. The smallest absolute Gasteiger partial charge is 0.271 e. The van der Waals surface area contributed by atoms with Crippen LogP contribution in [0, 0.1) is 0 Å². The molecular weight excluding hydrogens is 388 g/mol. The number of nitrogens with zero attached hydrogens (tertiary/aromatic N) is 1. The third-order valence-corrected chi connectivity index (χ3v) is 3.88. The molecule has 0 saturated heterocycles. The molecule has 0 saturated carbocycles. The highest BCUT2D eigenvalue weighted by Gasteiger charge is 2.15. The van der Waals surface area contributed by atoms with E-state index in [0.717, 1.165) is 0 Å². The van der Waals surface area contributed by atoms with E-state index in [1.54, 1.807) is 24.3 Å². The maximum atomic E-state index is 12.0. The highest BCUT2D eigenvalue weighted by Crippen LogP contribution is 2.32. The molecule has 1 amide bonds. The topological polar surface area (TPSA) is 80.2 Å². The van der Waals surface area contributed by atoms with Crippen LogP contribution in [0.1, 0.15) is 15.9 Å². The van der Waals surface area contributed by atoms with Crippen LogP contribution in [0.4, 0.5) is 0 Å². The monoisotopic (exact) mass is 396 g/mol. The van der Waals surface area contributed by atoms with Crippen molar-refractivity contribution in [3.63, 3.8) is 0 Å². The number of nitrogens with one attached hydrogen (secondary N) is 1. The molecule has 3 rings (SSSR count). The standard InChI is InChI=1S/C15H10BrClN2O4/c16-11-5-10(17)3-9(14(11)20)6-18-19-15(21)8-1-2-12-13(4-8)23-7-22-12/h1-6,20H,7H2,(H,19,21)/b18-6+. The van der Waals surface area contributed by atoms with Gasteiger partial charge in [0.05, 0.1) is 10.7 Å². The molecule has 0 aromatic heterocycles. The number of hydrazone groups is 1. The van der Waals surface area contributed by atoms with Crippen LogP contribution in [-0.4, -0.2) is 24.0 Å². The van der Waals surface area contributed by atoms with E-state index in [1.165, 1.54) is 12.3 Å². The van der Waals surface area contributed by atoms with Crippen molar-refractivity contribution in [2.45, 2.75) is 0 Å². The first-order valence-corrected chi connectivity index (χ1v) is 7.63. The van der Waals surface area contributed by atoms with Gasteiger partial charge < -0.3 is 14.6 Å². The Kier molecular flexibility index (Phi) is 4.40. The van der Waals surface area contributed by atoms with Gasteiger partial charge in [-0.3, -0.25) is 4.79 Å². The lowest BCUT2D eigenvalue weighted by Crippen LogP contribution is -2.17. The van der Waals surface area contributed by atoms with Crippen LogP contribution in [-0.2, 0) is 0 Å². The summed E-state index contributed by atoms with van der Waals surface area (Å²) in [5.41, 5.74) is 3.12. The summed E-state index contributed by atoms with van der Waals surface area (Å²) < 4.78 is 10.8. The summed E-state index contributed by atoms with van der Waals surface area (Å²) in [5, 5.41) is 14.1. The zero-order valence-corrected chi connectivity index (χ0v) is 13.9. The minimum Gasteiger partial charge on any atom is -0.506 e. The van der Waals surface area contributed by atoms with E-state index in [9.17, 15) is 9.90 Å². The van der Waals surface area contributed by atoms with Crippen molar-refractivity contribution in [3.05, 3.63) is 51.0 Å². The Hall–Kier alpha value is -2.25. The SMILES string of the molecule is O=C(N/N=C/c1cc(Cl)cc(Br)c1O)c1ccc2c(c1)OCO2. The van der Waals surface area contributed by atoms with Crippen molar-refractivity contribution in [2.24, 2.45) is 5.10 Å². The first-order chi connectivity index (χ1) is 11.0. The highest BCUT2D eigenvalue weighted by atomic mass is 79.9. The number of hydrogen-bond donors (Lipinski definition) is 2. The highest BCUT2D eigenvalue weighted by molar-refractivity contribution is 9.10. The van der Waals surface area contributed by atoms with E-state index in [0.29, 0.717) is 32.1 Å². The van der Waals surface area contributed by atoms with E-state index < -0.39 is 5.91 Å². The summed E-state index contributed by atoms with van der Waals surface area (Å²) >= 11 is 9.07. The number of halogens is 2. The van der Waals surface area contributed by atoms with Crippen LogP contribution in [0.15, 0.2) is 39.9 Å². The molecule has 23 heavy (non-hydrogen) atoms. The van der Waals surface area contributed by atoms with Gasteiger partial charge in [0.1, 0.15) is 5.75 Å². The molecule has 0 atom stereocenters. The molecule has 1 aliphatic rings. The summed E-state index contributed by atoms with van der Waals surface area (Å²) in [7, 11) is 0. The molecule has 2 N–H and O–H groups in total. The molecule has 118 valence electrons. The quantitative estimate of drug-likeness (QED) is 0.615. The summed E-state index contributed by atoms with van der Waals surface area (Å²) in [5.74, 6) is 0.674. The lowest BCUT2D eigenvalue weighted by atomic mass is 10.2. The lowest BCUT2D eigenvalue weighted by molar-refractivity contribution is 0.0954. The molecule has 0 bridgehead atoms. The van der Waals surface area contributed by atoms with Crippen molar-refractivity contribution in [1.29, 1.82) is 0 Å². The van der Waals surface area contributed by atoms with Crippen molar-refractivity contribution in [3.8, 4) is 17.2 Å². The van der Waals surface area contributed by atoms with E-state index >= 15 is 0 Å². The summed E-state index contributed by atoms with van der Waals surface area (Å²) in [6.45, 7) is 0.140. The van der Waals surface area contributed by atoms with Crippen molar-refractivity contribution >= 4 is 39.7 Å². The van der Waals surface area contributed by atoms with Crippen molar-refractivity contribution in [1.82, 2.24) is 5.43 Å². The number of benzene rings is 2. The fraction of sp³-hybridized carbons (Fsp3) is 0.0667. The van der Waals surface area contributed by atoms with Gasteiger partial charge in [-0.2, -0.15) is 5.10 Å². The molecule has 0 fully saturated rings. The Morgan fingerprint density at radius 3 is 2.91 bits per heavy atom. The van der Waals surface area contributed by atoms with Crippen molar-refractivity contribution in [2.75, 3.05) is 6.79 Å². The van der Waals surface area contributed by atoms with Crippen LogP contribution < -0.4 is 14.9 Å². The van der Waals surface area contributed by atoms with Gasteiger partial charge in [0, 0.05) is 16.1 Å². The Morgan fingerprint density at radius 1 is 1.30 bits per heavy atom. The summed E-state index contributed by atoms with van der Waals surface area (Å²) in [4.78, 5) is 12.0. The second-order valence-electron chi connectivity index (χ2n) is 4.59. The summed E-state index contributed by atoms with van der Waals surface area (Å²) in [6, 6.07) is 7.91. The molecule has 1 heterocycles. The molecule has 0 unspecified atom stereocenters. The fourth-order valence-corrected chi connectivity index (χ4v) is 2.78. The molecule has 1 aliphatic heterocycles. The zero-order valence-electron chi connectivity index (χ0n) is 11.5. The molecule has 8 heteroatoms. The van der Waals surface area contributed by atoms with Gasteiger partial charge in [0.2, 0.25) is 6.79 Å². The molecule has 0 aliphatic carbocycles. The van der Waals surface area contributed by atoms with Gasteiger partial charge in [-0.25, -0.2) is 5.43 Å². The summed E-state index contributed by atoms with van der Waals surface area (Å²) in [6.07, 6.45) is 1.30. The Bertz CT molecular complexity index is 810. The van der Waals surface area contributed by atoms with Crippen LogP contribution in [0.3, 0.4) is 0 Å². The van der Waals surface area contributed by atoms with Gasteiger partial charge in [0.15, 0.2) is 11.5 Å². The first-order valence-electron chi connectivity index (χ1n) is 6.45. The van der Waals surface area contributed by atoms with E-state index in [1.807, 2.05) is 0 Å². The predicted octanol–water partition coefficient (Wildman–Crippen LogP) is 3.30. The Morgan fingerprint density at radius 2 is 2.09 bits per heavy atom. The number of amides is 1. The maximum absolute atomic E-state index is 12.0. The van der Waals surface area contributed by atoms with Crippen molar-refractivity contribution < 1.29 is 19.4 Å². The number of carbonyl (C=O) groups excluding carboxylic acids is 1. The lowest BCUT2D eigenvalue weighted by Gasteiger charge is -2.03. The molecule has 2 aromatic rings. The largest absolute Gasteiger partial charge is 0.506 e. The van der Waals surface area contributed by atoms with E-state index in [4.69, 9.17) is 21.1 Å². The number of fused-ring (bicyclic) bond motifs is 1. The number of phenols is 1. The third kappa shape index (κ3) is 3.40. The second kappa shape index (κ2) is 6.47. The van der Waals surface area contributed by atoms with Gasteiger partial charge in [-0.05, 0) is 46.3 Å². The Balaban J connectivity index is 1.72. The second-order valence-corrected chi connectivity index (χ2v) is 5.88. The maximum Gasteiger partial charge on any atom is 0.271 e. The van der Waals surface area contributed by atoms with Crippen LogP contribution >= 0.6 is 27.5 Å². The normalized spacial score (nSPS) is 12.6. The van der Waals surface area contributed by atoms with Crippen LogP contribution in [0.5, 0.6) is 17.2 Å². The number of aromatic hydroxyl groups is 1. The number of carbonyl (C=O) groups is 1. The Labute approximate surface area is 144 Å². The zero-order chi connectivity index (χ0) is 16.4. The first kappa shape index (κ1) is 15.6. The van der Waals surface area contributed by atoms with E-state index in [2.05, 4.69) is 26.5 Å². The fourth-order valence-electron chi connectivity index (χ4n) is 1.95. The van der Waals surface area contributed by atoms with Gasteiger partial charge >= 0.3 is 0 Å². The number of hydrogen-bond acceptors (Lipinski definition) is 5. The third-order valence-electron chi connectivity index (χ3n) is 3.06. The molecule has 0 spiro atoms. The number of ether oxygens (including phenoxy) is 2. The predicted molar refractivity (Wildman–Crippen MR) is 88.4 cm³/mol. The van der Waals surface area contributed by atoms with E-state index in [-0.39, 0.29) is 12.5 Å². The number of rotatable bonds is 3. The minimum absolute atomic E-state index is 0.0181. The number of phenolic OH excluding ortho intramolecular Hbond substituents is 1. The van der Waals surface area contributed by atoms with Crippen LogP contribution in [0.25, 0.3) is 0 Å². The van der Waals surface area contributed by atoms with Gasteiger partial charge in [0.25, 0.3) is 5.91 Å². The molecule has 0 radical (unpaired) electrons. The van der Waals surface area contributed by atoms with Crippen LogP contribution in [0.2, 0.25) is 5.02 Å². The molecular formula is C15H10BrClN2O4.